The monoisotopic (exact) mass is 372 g/mol. The van der Waals surface area contributed by atoms with E-state index in [1.54, 1.807) is 19.1 Å². The van der Waals surface area contributed by atoms with Crippen LogP contribution in [0.3, 0.4) is 0 Å². The zero-order chi connectivity index (χ0) is 19.8. The molecule has 2 aromatic rings. The normalized spacial score (nSPS) is 11.6. The van der Waals surface area contributed by atoms with E-state index in [-0.39, 0.29) is 30.7 Å². The summed E-state index contributed by atoms with van der Waals surface area (Å²) < 4.78 is 19.1. The molecule has 0 aliphatic heterocycles. The minimum atomic E-state index is -0.679. The average Bonchev–Trinajstić information content (AvgIpc) is 2.66. The molecular weight excluding hydrogens is 347 g/mol. The molecule has 0 bridgehead atoms. The summed E-state index contributed by atoms with van der Waals surface area (Å²) in [6.45, 7) is 5.83. The molecule has 2 rings (SSSR count). The number of para-hydroxylation sites is 1. The average molecular weight is 372 g/mol. The minimum absolute atomic E-state index is 0.00681. The van der Waals surface area contributed by atoms with Crippen molar-refractivity contribution in [2.45, 2.75) is 33.4 Å². The number of nitrogens with one attached hydrogen (secondary N) is 1. The Bertz CT molecular complexity index is 795. The van der Waals surface area contributed by atoms with Crippen LogP contribution in [0, 0.1) is 12.7 Å². The molecular formula is C21H25FN2O3. The van der Waals surface area contributed by atoms with Gasteiger partial charge in [-0.1, -0.05) is 36.4 Å². The van der Waals surface area contributed by atoms with Crippen molar-refractivity contribution >= 4 is 11.8 Å². The zero-order valence-electron chi connectivity index (χ0n) is 15.9. The molecule has 6 heteroatoms. The fraction of sp³-hybridized carbons (Fsp3) is 0.333. The van der Waals surface area contributed by atoms with Gasteiger partial charge in [-0.05, 0) is 44.0 Å². The number of carbonyl (C=O) groups is 2. The van der Waals surface area contributed by atoms with Crippen molar-refractivity contribution in [2.24, 2.45) is 0 Å². The maximum absolute atomic E-state index is 13.7. The van der Waals surface area contributed by atoms with E-state index in [0.717, 1.165) is 11.1 Å². The molecule has 0 unspecified atom stereocenters. The van der Waals surface area contributed by atoms with Crippen molar-refractivity contribution in [3.05, 3.63) is 65.5 Å². The number of likely N-dealkylation sites (N-methyl/N-ethyl adjacent to an activating group) is 1. The molecule has 0 aliphatic rings. The van der Waals surface area contributed by atoms with E-state index in [1.165, 1.54) is 17.0 Å². The molecule has 0 aromatic heterocycles. The highest BCUT2D eigenvalue weighted by atomic mass is 19.1. The fourth-order valence-corrected chi connectivity index (χ4v) is 2.66. The molecule has 0 saturated carbocycles. The van der Waals surface area contributed by atoms with Gasteiger partial charge in [-0.3, -0.25) is 9.59 Å². The smallest absolute Gasteiger partial charge is 0.261 e. The molecule has 27 heavy (non-hydrogen) atoms. The van der Waals surface area contributed by atoms with Gasteiger partial charge in [0.2, 0.25) is 5.91 Å². The van der Waals surface area contributed by atoms with Crippen molar-refractivity contribution in [1.82, 2.24) is 10.2 Å². The first kappa shape index (κ1) is 20.4. The van der Waals surface area contributed by atoms with Gasteiger partial charge in [0.25, 0.3) is 5.91 Å². The Hall–Kier alpha value is -2.89. The number of hydrogen-bond acceptors (Lipinski definition) is 3. The van der Waals surface area contributed by atoms with Crippen molar-refractivity contribution < 1.29 is 18.7 Å². The van der Waals surface area contributed by atoms with Crippen molar-refractivity contribution in [1.29, 1.82) is 0 Å². The fourth-order valence-electron chi connectivity index (χ4n) is 2.66. The van der Waals surface area contributed by atoms with E-state index in [4.69, 9.17) is 4.74 Å². The summed E-state index contributed by atoms with van der Waals surface area (Å²) in [6.07, 6.45) is 0. The zero-order valence-corrected chi connectivity index (χ0v) is 15.9. The predicted molar refractivity (Wildman–Crippen MR) is 102 cm³/mol. The van der Waals surface area contributed by atoms with Crippen molar-refractivity contribution in [3.8, 4) is 5.75 Å². The molecule has 0 spiro atoms. The minimum Gasteiger partial charge on any atom is -0.481 e. The molecule has 144 valence electrons. The van der Waals surface area contributed by atoms with Gasteiger partial charge in [-0.2, -0.15) is 0 Å². The third-order valence-electron chi connectivity index (χ3n) is 4.31. The first-order chi connectivity index (χ1) is 12.9. The maximum atomic E-state index is 13.7. The Morgan fingerprint density at radius 2 is 1.81 bits per heavy atom. The molecule has 2 aromatic carbocycles. The quantitative estimate of drug-likeness (QED) is 0.775. The van der Waals surface area contributed by atoms with Gasteiger partial charge in [0.05, 0.1) is 0 Å². The number of carbonyl (C=O) groups excluding carboxylic acids is 2. The molecule has 1 N–H and O–H groups in total. The third-order valence-corrected chi connectivity index (χ3v) is 4.31. The molecule has 0 radical (unpaired) electrons. The molecule has 2 amide bonds. The lowest BCUT2D eigenvalue weighted by Crippen LogP contribution is -2.49. The molecule has 0 saturated heterocycles. The second-order valence-corrected chi connectivity index (χ2v) is 6.24. The standard InChI is InChI=1S/C21H25FN2O3/c1-4-23-21(26)16(3)24(13-17-10-6-5-9-15(17)2)20(25)14-27-19-12-8-7-11-18(19)22/h5-12,16H,4,13-14H2,1-3H3,(H,23,26)/t16-/m1/s1. The molecule has 0 heterocycles. The number of amides is 2. The molecule has 5 nitrogen and oxygen atoms in total. The lowest BCUT2D eigenvalue weighted by molar-refractivity contribution is -0.142. The van der Waals surface area contributed by atoms with Crippen LogP contribution in [0.4, 0.5) is 4.39 Å². The largest absolute Gasteiger partial charge is 0.481 e. The van der Waals surface area contributed by atoms with Crippen LogP contribution in [0.5, 0.6) is 5.75 Å². The van der Waals surface area contributed by atoms with Gasteiger partial charge >= 0.3 is 0 Å². The second kappa shape index (κ2) is 9.71. The number of benzene rings is 2. The number of halogens is 1. The predicted octanol–water partition coefficient (Wildman–Crippen LogP) is 3.07. The number of aryl methyl sites for hydroxylation is 1. The van der Waals surface area contributed by atoms with Crippen LogP contribution in [0.15, 0.2) is 48.5 Å². The van der Waals surface area contributed by atoms with Crippen LogP contribution in [0.25, 0.3) is 0 Å². The van der Waals surface area contributed by atoms with Gasteiger partial charge in [0.1, 0.15) is 6.04 Å². The first-order valence-electron chi connectivity index (χ1n) is 8.93. The van der Waals surface area contributed by atoms with Gasteiger partial charge in [-0.15, -0.1) is 0 Å². The van der Waals surface area contributed by atoms with E-state index in [0.29, 0.717) is 6.54 Å². The third kappa shape index (κ3) is 5.54. The lowest BCUT2D eigenvalue weighted by atomic mass is 10.1. The van der Waals surface area contributed by atoms with Crippen LogP contribution >= 0.6 is 0 Å². The van der Waals surface area contributed by atoms with Crippen LogP contribution < -0.4 is 10.1 Å². The summed E-state index contributed by atoms with van der Waals surface area (Å²) in [6, 6.07) is 12.9. The van der Waals surface area contributed by atoms with E-state index < -0.39 is 11.9 Å². The van der Waals surface area contributed by atoms with E-state index >= 15 is 0 Å². The maximum Gasteiger partial charge on any atom is 0.261 e. The SMILES string of the molecule is CCNC(=O)[C@@H](C)N(Cc1ccccc1C)C(=O)COc1ccccc1F. The highest BCUT2D eigenvalue weighted by molar-refractivity contribution is 5.87. The van der Waals surface area contributed by atoms with Crippen molar-refractivity contribution in [2.75, 3.05) is 13.2 Å². The van der Waals surface area contributed by atoms with Crippen LogP contribution in [0.2, 0.25) is 0 Å². The van der Waals surface area contributed by atoms with E-state index in [9.17, 15) is 14.0 Å². The molecule has 0 fully saturated rings. The highest BCUT2D eigenvalue weighted by Crippen LogP contribution is 2.17. The summed E-state index contributed by atoms with van der Waals surface area (Å²) >= 11 is 0. The Morgan fingerprint density at radius 3 is 2.48 bits per heavy atom. The van der Waals surface area contributed by atoms with E-state index in [2.05, 4.69) is 5.32 Å². The number of nitrogens with zero attached hydrogens (tertiary/aromatic N) is 1. The molecule has 0 aliphatic carbocycles. The Kier molecular flexibility index (Phi) is 7.34. The summed E-state index contributed by atoms with van der Waals surface area (Å²) in [5.41, 5.74) is 1.96. The molecule has 1 atom stereocenters. The van der Waals surface area contributed by atoms with Crippen LogP contribution in [-0.2, 0) is 16.1 Å². The van der Waals surface area contributed by atoms with Gasteiger partial charge in [0.15, 0.2) is 18.2 Å². The topological polar surface area (TPSA) is 58.6 Å². The van der Waals surface area contributed by atoms with Gasteiger partial charge in [-0.25, -0.2) is 4.39 Å². The number of hydrogen-bond donors (Lipinski definition) is 1. The Balaban J connectivity index is 2.17. The van der Waals surface area contributed by atoms with Crippen LogP contribution in [-0.4, -0.2) is 35.9 Å². The van der Waals surface area contributed by atoms with Crippen molar-refractivity contribution in [3.63, 3.8) is 0 Å². The lowest BCUT2D eigenvalue weighted by Gasteiger charge is -2.29. The summed E-state index contributed by atoms with van der Waals surface area (Å²) in [5.74, 6) is -1.16. The van der Waals surface area contributed by atoms with E-state index in [1.807, 2.05) is 38.1 Å². The summed E-state index contributed by atoms with van der Waals surface area (Å²) in [5, 5.41) is 2.73. The van der Waals surface area contributed by atoms with Gasteiger partial charge in [0, 0.05) is 13.1 Å². The highest BCUT2D eigenvalue weighted by Gasteiger charge is 2.26. The van der Waals surface area contributed by atoms with Gasteiger partial charge < -0.3 is 15.0 Å². The number of rotatable bonds is 8. The Labute approximate surface area is 159 Å². The van der Waals surface area contributed by atoms with Crippen LogP contribution in [0.1, 0.15) is 25.0 Å². The second-order valence-electron chi connectivity index (χ2n) is 6.24. The number of ether oxygens (including phenoxy) is 1. The summed E-state index contributed by atoms with van der Waals surface area (Å²) in [4.78, 5) is 26.5. The first-order valence-corrected chi connectivity index (χ1v) is 8.93. The summed E-state index contributed by atoms with van der Waals surface area (Å²) in [7, 11) is 0. The Morgan fingerprint density at radius 1 is 1.15 bits per heavy atom.